The minimum atomic E-state index is 0.267. The first kappa shape index (κ1) is 13.6. The summed E-state index contributed by atoms with van der Waals surface area (Å²) in [5.41, 5.74) is 5.12. The van der Waals surface area contributed by atoms with Crippen LogP contribution >= 0.6 is 0 Å². The predicted molar refractivity (Wildman–Crippen MR) is 89.7 cm³/mol. The Labute approximate surface area is 125 Å². The molecule has 2 heteroatoms. The molecule has 0 aliphatic rings. The van der Waals surface area contributed by atoms with E-state index >= 15 is 0 Å². The average molecular weight is 276 g/mol. The fraction of sp³-hybridized carbons (Fsp3) is 0.211. The highest BCUT2D eigenvalue weighted by Crippen LogP contribution is 2.28. The van der Waals surface area contributed by atoms with Crippen molar-refractivity contribution < 1.29 is 0 Å². The van der Waals surface area contributed by atoms with E-state index in [1.165, 1.54) is 22.1 Å². The molecule has 0 saturated carbocycles. The number of nitrogens with one attached hydrogen (secondary N) is 1. The smallest absolute Gasteiger partial charge is 0.0488 e. The number of anilines is 1. The van der Waals surface area contributed by atoms with E-state index in [0.717, 1.165) is 11.1 Å². The molecule has 3 aromatic rings. The number of aryl methyl sites for hydroxylation is 2. The molecular weight excluding hydrogens is 256 g/mol. The van der Waals surface area contributed by atoms with Crippen molar-refractivity contribution in [1.82, 2.24) is 4.98 Å². The molecule has 1 N–H and O–H groups in total. The number of fused-ring (bicyclic) bond motifs is 1. The van der Waals surface area contributed by atoms with Crippen LogP contribution in [0.5, 0.6) is 0 Å². The summed E-state index contributed by atoms with van der Waals surface area (Å²) in [4.78, 5) is 4.19. The number of pyridine rings is 1. The van der Waals surface area contributed by atoms with Gasteiger partial charge in [0.1, 0.15) is 0 Å². The third-order valence-electron chi connectivity index (χ3n) is 3.95. The first-order valence-electron chi connectivity index (χ1n) is 7.31. The van der Waals surface area contributed by atoms with Gasteiger partial charge >= 0.3 is 0 Å². The Balaban J connectivity index is 1.96. The number of nitrogens with zero attached hydrogens (tertiary/aromatic N) is 1. The molecule has 21 heavy (non-hydrogen) atoms. The van der Waals surface area contributed by atoms with Crippen molar-refractivity contribution in [1.29, 1.82) is 0 Å². The minimum absolute atomic E-state index is 0.267. The van der Waals surface area contributed by atoms with Crippen LogP contribution in [-0.2, 0) is 0 Å². The van der Waals surface area contributed by atoms with Gasteiger partial charge in [0.2, 0.25) is 0 Å². The summed E-state index contributed by atoms with van der Waals surface area (Å²) in [7, 11) is 0. The molecule has 1 unspecified atom stereocenters. The van der Waals surface area contributed by atoms with Crippen molar-refractivity contribution in [2.75, 3.05) is 5.32 Å². The van der Waals surface area contributed by atoms with E-state index in [-0.39, 0.29) is 6.04 Å². The lowest BCUT2D eigenvalue weighted by molar-refractivity contribution is 0.874. The van der Waals surface area contributed by atoms with Gasteiger partial charge < -0.3 is 5.32 Å². The third-order valence-corrected chi connectivity index (χ3v) is 3.95. The zero-order chi connectivity index (χ0) is 14.8. The van der Waals surface area contributed by atoms with E-state index in [2.05, 4.69) is 73.5 Å². The van der Waals surface area contributed by atoms with Gasteiger partial charge in [0.05, 0.1) is 0 Å². The number of aromatic nitrogens is 1. The monoisotopic (exact) mass is 276 g/mol. The summed E-state index contributed by atoms with van der Waals surface area (Å²) in [6, 6.07) is 15.2. The lowest BCUT2D eigenvalue weighted by Crippen LogP contribution is -2.08. The SMILES string of the molecule is Cc1ccc(C)c(C(C)Nc2cccc3cnccc23)c1. The van der Waals surface area contributed by atoms with Crippen LogP contribution in [0.15, 0.2) is 54.9 Å². The van der Waals surface area contributed by atoms with Gasteiger partial charge in [-0.1, -0.05) is 35.9 Å². The fourth-order valence-electron chi connectivity index (χ4n) is 2.79. The van der Waals surface area contributed by atoms with Crippen LogP contribution < -0.4 is 5.32 Å². The molecule has 1 aromatic heterocycles. The van der Waals surface area contributed by atoms with Crippen molar-refractivity contribution in [2.45, 2.75) is 26.8 Å². The Kier molecular flexibility index (Phi) is 3.61. The maximum absolute atomic E-state index is 4.19. The van der Waals surface area contributed by atoms with Gasteiger partial charge in [-0.15, -0.1) is 0 Å². The molecule has 3 rings (SSSR count). The summed E-state index contributed by atoms with van der Waals surface area (Å²) in [5.74, 6) is 0. The first-order valence-corrected chi connectivity index (χ1v) is 7.31. The molecule has 0 bridgehead atoms. The second kappa shape index (κ2) is 5.57. The Hall–Kier alpha value is -2.35. The van der Waals surface area contributed by atoms with Crippen molar-refractivity contribution in [2.24, 2.45) is 0 Å². The number of rotatable bonds is 3. The molecule has 1 atom stereocenters. The Morgan fingerprint density at radius 2 is 1.90 bits per heavy atom. The van der Waals surface area contributed by atoms with E-state index in [4.69, 9.17) is 0 Å². The van der Waals surface area contributed by atoms with Gasteiger partial charge in [-0.25, -0.2) is 0 Å². The molecule has 0 aliphatic heterocycles. The van der Waals surface area contributed by atoms with Crippen LogP contribution in [0, 0.1) is 13.8 Å². The lowest BCUT2D eigenvalue weighted by Gasteiger charge is -2.19. The van der Waals surface area contributed by atoms with Crippen LogP contribution in [0.3, 0.4) is 0 Å². The third kappa shape index (κ3) is 2.75. The predicted octanol–water partition coefficient (Wildman–Crippen LogP) is 5.02. The molecule has 106 valence electrons. The standard InChI is InChI=1S/C19H20N2/c1-13-7-8-14(2)18(11-13)15(3)21-19-6-4-5-16-12-20-10-9-17(16)19/h4-12,15,21H,1-3H3. The van der Waals surface area contributed by atoms with Crippen LogP contribution in [0.4, 0.5) is 5.69 Å². The van der Waals surface area contributed by atoms with E-state index in [0.29, 0.717) is 0 Å². The highest BCUT2D eigenvalue weighted by molar-refractivity contribution is 5.93. The summed E-state index contributed by atoms with van der Waals surface area (Å²) in [6.07, 6.45) is 3.75. The highest BCUT2D eigenvalue weighted by Gasteiger charge is 2.10. The Morgan fingerprint density at radius 3 is 2.76 bits per heavy atom. The van der Waals surface area contributed by atoms with Gasteiger partial charge in [0, 0.05) is 34.9 Å². The van der Waals surface area contributed by atoms with Crippen molar-refractivity contribution in [3.05, 3.63) is 71.5 Å². The second-order valence-electron chi connectivity index (χ2n) is 5.63. The topological polar surface area (TPSA) is 24.9 Å². The molecule has 1 heterocycles. The van der Waals surface area contributed by atoms with Gasteiger partial charge in [-0.2, -0.15) is 0 Å². The van der Waals surface area contributed by atoms with E-state index < -0.39 is 0 Å². The van der Waals surface area contributed by atoms with Crippen molar-refractivity contribution in [3.63, 3.8) is 0 Å². The maximum Gasteiger partial charge on any atom is 0.0488 e. The number of hydrogen-bond acceptors (Lipinski definition) is 2. The lowest BCUT2D eigenvalue weighted by atomic mass is 9.99. The maximum atomic E-state index is 4.19. The molecule has 0 aliphatic carbocycles. The van der Waals surface area contributed by atoms with Gasteiger partial charge in [-0.05, 0) is 44.0 Å². The van der Waals surface area contributed by atoms with E-state index in [1.54, 1.807) is 0 Å². The minimum Gasteiger partial charge on any atom is -0.378 e. The number of hydrogen-bond donors (Lipinski definition) is 1. The van der Waals surface area contributed by atoms with Gasteiger partial charge in [-0.3, -0.25) is 4.98 Å². The fourth-order valence-corrected chi connectivity index (χ4v) is 2.79. The molecule has 0 fully saturated rings. The van der Waals surface area contributed by atoms with Crippen LogP contribution in [-0.4, -0.2) is 4.98 Å². The second-order valence-corrected chi connectivity index (χ2v) is 5.63. The largest absolute Gasteiger partial charge is 0.378 e. The van der Waals surface area contributed by atoms with Crippen LogP contribution in [0.25, 0.3) is 10.8 Å². The van der Waals surface area contributed by atoms with Gasteiger partial charge in [0.25, 0.3) is 0 Å². The van der Waals surface area contributed by atoms with Crippen LogP contribution in [0.1, 0.15) is 29.7 Å². The molecule has 0 radical (unpaired) electrons. The molecule has 0 saturated heterocycles. The molecule has 2 nitrogen and oxygen atoms in total. The Bertz CT molecular complexity index is 772. The molecule has 0 amide bonds. The van der Waals surface area contributed by atoms with Crippen molar-refractivity contribution >= 4 is 16.5 Å². The summed E-state index contributed by atoms with van der Waals surface area (Å²) in [6.45, 7) is 6.51. The molecular formula is C19H20N2. The van der Waals surface area contributed by atoms with E-state index in [1.807, 2.05) is 12.4 Å². The summed E-state index contributed by atoms with van der Waals surface area (Å²) >= 11 is 0. The van der Waals surface area contributed by atoms with Crippen molar-refractivity contribution in [3.8, 4) is 0 Å². The van der Waals surface area contributed by atoms with Crippen LogP contribution in [0.2, 0.25) is 0 Å². The van der Waals surface area contributed by atoms with E-state index in [9.17, 15) is 0 Å². The quantitative estimate of drug-likeness (QED) is 0.726. The highest BCUT2D eigenvalue weighted by atomic mass is 14.9. The molecule has 2 aromatic carbocycles. The Morgan fingerprint density at radius 1 is 1.05 bits per heavy atom. The number of benzene rings is 2. The summed E-state index contributed by atoms with van der Waals surface area (Å²) < 4.78 is 0. The molecule has 0 spiro atoms. The summed E-state index contributed by atoms with van der Waals surface area (Å²) in [5, 5.41) is 6.02. The normalized spacial score (nSPS) is 12.3. The first-order chi connectivity index (χ1) is 10.1. The zero-order valence-electron chi connectivity index (χ0n) is 12.7. The zero-order valence-corrected chi connectivity index (χ0v) is 12.7. The van der Waals surface area contributed by atoms with Gasteiger partial charge in [0.15, 0.2) is 0 Å². The average Bonchev–Trinajstić information content (AvgIpc) is 2.50.